The Morgan fingerprint density at radius 2 is 1.69 bits per heavy atom. The summed E-state index contributed by atoms with van der Waals surface area (Å²) in [7, 11) is 0. The molecule has 0 spiro atoms. The number of benzene rings is 1. The monoisotopic (exact) mass is 362 g/mol. The van der Waals surface area contributed by atoms with Gasteiger partial charge in [0.25, 0.3) is 0 Å². The van der Waals surface area contributed by atoms with E-state index in [4.69, 9.17) is 0 Å². The van der Waals surface area contributed by atoms with Crippen LogP contribution in [-0.2, 0) is 18.3 Å². The van der Waals surface area contributed by atoms with Crippen LogP contribution in [0, 0.1) is 0 Å². The molecule has 2 saturated heterocycles. The Morgan fingerprint density at radius 3 is 2.31 bits per heavy atom. The summed E-state index contributed by atoms with van der Waals surface area (Å²) in [4.78, 5) is 5.87. The summed E-state index contributed by atoms with van der Waals surface area (Å²) in [5.74, 6) is 0. The van der Waals surface area contributed by atoms with Crippen molar-refractivity contribution in [3.8, 4) is 0 Å². The van der Waals surface area contributed by atoms with E-state index in [1.807, 2.05) is 18.2 Å². The van der Waals surface area contributed by atoms with Gasteiger partial charge in [-0.15, -0.1) is 0 Å². The zero-order valence-electron chi connectivity index (χ0n) is 14.3. The van der Waals surface area contributed by atoms with E-state index in [-0.39, 0.29) is 17.6 Å². The minimum absolute atomic E-state index is 0.0799. The normalized spacial score (nSPS) is 29.1. The average molecular weight is 362 g/mol. The molecule has 1 aromatic heterocycles. The van der Waals surface area contributed by atoms with Gasteiger partial charge >= 0.3 is 6.18 Å². The fraction of sp³-hybridized carbons (Fsp3) is 0.450. The highest BCUT2D eigenvalue weighted by Gasteiger charge is 2.51. The minimum Gasteiger partial charge on any atom is -0.385 e. The number of pyridine rings is 1. The van der Waals surface area contributed by atoms with Crippen LogP contribution in [0.15, 0.2) is 48.7 Å². The number of aliphatic hydroxyl groups is 1. The summed E-state index contributed by atoms with van der Waals surface area (Å²) in [6, 6.07) is 13.1. The Labute approximate surface area is 150 Å². The molecule has 0 radical (unpaired) electrons. The number of rotatable bonds is 3. The molecule has 0 amide bonds. The summed E-state index contributed by atoms with van der Waals surface area (Å²) >= 11 is 0. The lowest BCUT2D eigenvalue weighted by Crippen LogP contribution is -2.49. The number of fused-ring (bicyclic) bond motifs is 2. The molecule has 3 nitrogen and oxygen atoms in total. The zero-order valence-corrected chi connectivity index (χ0v) is 14.3. The second-order valence-corrected chi connectivity index (χ2v) is 7.38. The van der Waals surface area contributed by atoms with E-state index in [2.05, 4.69) is 22.0 Å². The lowest BCUT2D eigenvalue weighted by Gasteiger charge is -2.44. The first-order valence-electron chi connectivity index (χ1n) is 8.91. The maximum Gasteiger partial charge on any atom is 0.433 e. The van der Waals surface area contributed by atoms with Crippen LogP contribution in [-0.4, -0.2) is 27.1 Å². The summed E-state index contributed by atoms with van der Waals surface area (Å²) in [6.45, 7) is 0.769. The van der Waals surface area contributed by atoms with Gasteiger partial charge in [0.05, 0.1) is 5.60 Å². The van der Waals surface area contributed by atoms with Crippen LogP contribution in [0.5, 0.6) is 0 Å². The van der Waals surface area contributed by atoms with Gasteiger partial charge in [-0.2, -0.15) is 13.2 Å². The van der Waals surface area contributed by atoms with Crippen molar-refractivity contribution in [2.45, 2.75) is 56.1 Å². The first-order valence-corrected chi connectivity index (χ1v) is 8.91. The van der Waals surface area contributed by atoms with E-state index >= 15 is 0 Å². The van der Waals surface area contributed by atoms with Gasteiger partial charge in [0.1, 0.15) is 5.69 Å². The predicted molar refractivity (Wildman–Crippen MR) is 91.2 cm³/mol. The van der Waals surface area contributed by atoms with Crippen molar-refractivity contribution < 1.29 is 18.3 Å². The molecule has 2 aromatic rings. The first-order chi connectivity index (χ1) is 12.4. The van der Waals surface area contributed by atoms with Gasteiger partial charge in [0.15, 0.2) is 0 Å². The number of piperidine rings is 1. The summed E-state index contributed by atoms with van der Waals surface area (Å²) in [5, 5.41) is 11.2. The van der Waals surface area contributed by atoms with Crippen molar-refractivity contribution in [1.82, 2.24) is 9.88 Å². The van der Waals surface area contributed by atoms with Gasteiger partial charge in [-0.25, -0.2) is 0 Å². The number of alkyl halides is 3. The van der Waals surface area contributed by atoms with Crippen LogP contribution >= 0.6 is 0 Å². The molecule has 6 heteroatoms. The predicted octanol–water partition coefficient (Wildman–Crippen LogP) is 4.12. The van der Waals surface area contributed by atoms with Crippen LogP contribution < -0.4 is 0 Å². The Balaban J connectivity index is 1.61. The Hall–Kier alpha value is -1.92. The quantitative estimate of drug-likeness (QED) is 0.893. The Kier molecular flexibility index (Phi) is 4.28. The lowest BCUT2D eigenvalue weighted by atomic mass is 9.79. The molecule has 2 bridgehead atoms. The third-order valence-corrected chi connectivity index (χ3v) is 5.70. The summed E-state index contributed by atoms with van der Waals surface area (Å²) in [6.07, 6.45) is -1.000. The van der Waals surface area contributed by atoms with Gasteiger partial charge in [-0.1, -0.05) is 36.4 Å². The van der Waals surface area contributed by atoms with Gasteiger partial charge in [0.2, 0.25) is 0 Å². The van der Waals surface area contributed by atoms with Crippen molar-refractivity contribution >= 4 is 0 Å². The summed E-state index contributed by atoms with van der Waals surface area (Å²) < 4.78 is 40.1. The maximum atomic E-state index is 13.4. The Bertz CT molecular complexity index is 764. The van der Waals surface area contributed by atoms with Crippen LogP contribution in [0.1, 0.15) is 42.5 Å². The average Bonchev–Trinajstić information content (AvgIpc) is 2.86. The van der Waals surface area contributed by atoms with E-state index in [1.165, 1.54) is 17.7 Å². The van der Waals surface area contributed by atoms with Gasteiger partial charge in [-0.3, -0.25) is 9.88 Å². The van der Waals surface area contributed by atoms with E-state index < -0.39 is 17.5 Å². The molecule has 2 aliphatic heterocycles. The molecular weight excluding hydrogens is 341 g/mol. The number of halogens is 3. The van der Waals surface area contributed by atoms with E-state index in [0.717, 1.165) is 25.6 Å². The van der Waals surface area contributed by atoms with Crippen LogP contribution in [0.25, 0.3) is 0 Å². The fourth-order valence-electron chi connectivity index (χ4n) is 4.60. The van der Waals surface area contributed by atoms with Crippen molar-refractivity contribution in [2.24, 2.45) is 0 Å². The molecule has 3 heterocycles. The first kappa shape index (κ1) is 17.5. The molecule has 1 aromatic carbocycles. The number of nitrogens with zero attached hydrogens (tertiary/aromatic N) is 2. The SMILES string of the molecule is OC1(c2cccnc2C(F)(F)F)CC2CCC(C1)N2Cc1ccccc1. The molecule has 0 aliphatic carbocycles. The molecule has 0 saturated carbocycles. The molecule has 1 N–H and O–H groups in total. The van der Waals surface area contributed by atoms with Crippen molar-refractivity contribution in [2.75, 3.05) is 0 Å². The number of aromatic nitrogens is 1. The standard InChI is InChI=1S/C20H21F3N2O/c21-20(22,23)18-17(7-4-10-24-18)19(26)11-15-8-9-16(12-19)25(15)13-14-5-2-1-3-6-14/h1-7,10,15-16,26H,8-9,11-13H2. The van der Waals surface area contributed by atoms with E-state index in [0.29, 0.717) is 12.8 Å². The molecule has 2 fully saturated rings. The van der Waals surface area contributed by atoms with Crippen molar-refractivity contribution in [1.29, 1.82) is 0 Å². The third kappa shape index (κ3) is 3.12. The van der Waals surface area contributed by atoms with Crippen molar-refractivity contribution in [3.63, 3.8) is 0 Å². The summed E-state index contributed by atoms with van der Waals surface area (Å²) in [5.41, 5.74) is -1.33. The zero-order chi connectivity index (χ0) is 18.4. The molecular formula is C20H21F3N2O. The van der Waals surface area contributed by atoms with Crippen LogP contribution in [0.4, 0.5) is 13.2 Å². The highest BCUT2D eigenvalue weighted by atomic mass is 19.4. The number of hydrogen-bond acceptors (Lipinski definition) is 3. The highest BCUT2D eigenvalue weighted by Crippen LogP contribution is 2.48. The highest BCUT2D eigenvalue weighted by molar-refractivity contribution is 5.31. The third-order valence-electron chi connectivity index (χ3n) is 5.70. The van der Waals surface area contributed by atoms with Crippen molar-refractivity contribution in [3.05, 3.63) is 65.5 Å². The minimum atomic E-state index is -4.56. The van der Waals surface area contributed by atoms with Gasteiger partial charge in [0, 0.05) is 30.4 Å². The molecule has 26 heavy (non-hydrogen) atoms. The fourth-order valence-corrected chi connectivity index (χ4v) is 4.60. The van der Waals surface area contributed by atoms with Gasteiger partial charge in [-0.05, 0) is 37.3 Å². The van der Waals surface area contributed by atoms with E-state index in [1.54, 1.807) is 0 Å². The molecule has 2 aliphatic rings. The molecule has 138 valence electrons. The molecule has 2 unspecified atom stereocenters. The number of hydrogen-bond donors (Lipinski definition) is 1. The Morgan fingerprint density at radius 1 is 1.04 bits per heavy atom. The smallest absolute Gasteiger partial charge is 0.385 e. The van der Waals surface area contributed by atoms with Gasteiger partial charge < -0.3 is 5.11 Å². The second kappa shape index (κ2) is 6.35. The van der Waals surface area contributed by atoms with E-state index in [9.17, 15) is 18.3 Å². The second-order valence-electron chi connectivity index (χ2n) is 7.38. The lowest BCUT2D eigenvalue weighted by molar-refractivity contribution is -0.146. The topological polar surface area (TPSA) is 36.4 Å². The largest absolute Gasteiger partial charge is 0.433 e. The molecule has 2 atom stereocenters. The molecule has 4 rings (SSSR count). The maximum absolute atomic E-state index is 13.4. The van der Waals surface area contributed by atoms with Crippen LogP contribution in [0.2, 0.25) is 0 Å². The van der Waals surface area contributed by atoms with Crippen LogP contribution in [0.3, 0.4) is 0 Å².